The molecular formula is C25H31N5O5. The van der Waals surface area contributed by atoms with Crippen LogP contribution in [0.15, 0.2) is 33.8 Å². The summed E-state index contributed by atoms with van der Waals surface area (Å²) in [5, 5.41) is 9.70. The number of imidazole rings is 1. The fraction of sp³-hybridized carbons (Fsp3) is 0.520. The van der Waals surface area contributed by atoms with Crippen LogP contribution in [0, 0.1) is 12.8 Å². The summed E-state index contributed by atoms with van der Waals surface area (Å²) in [6, 6.07) is 4.69. The molecular weight excluding hydrogens is 450 g/mol. The number of hydrogen-bond donors (Lipinski definition) is 3. The van der Waals surface area contributed by atoms with Crippen molar-refractivity contribution >= 4 is 28.5 Å². The van der Waals surface area contributed by atoms with Crippen LogP contribution in [-0.4, -0.2) is 45.8 Å². The van der Waals surface area contributed by atoms with Crippen LogP contribution < -0.4 is 16.3 Å². The maximum atomic E-state index is 13.5. The summed E-state index contributed by atoms with van der Waals surface area (Å²) in [5.41, 5.74) is 2.59. The van der Waals surface area contributed by atoms with E-state index in [1.54, 1.807) is 23.6 Å². The number of benzene rings is 1. The molecule has 1 atom stereocenters. The Labute approximate surface area is 202 Å². The Morgan fingerprint density at radius 2 is 1.89 bits per heavy atom. The predicted octanol–water partition coefficient (Wildman–Crippen LogP) is 3.29. The molecule has 1 saturated heterocycles. The minimum atomic E-state index is -0.693. The molecule has 1 unspecified atom stereocenters. The third-order valence-corrected chi connectivity index (χ3v) is 7.15. The molecule has 1 saturated carbocycles. The summed E-state index contributed by atoms with van der Waals surface area (Å²) in [7, 11) is 0. The van der Waals surface area contributed by atoms with E-state index >= 15 is 0 Å². The van der Waals surface area contributed by atoms with Gasteiger partial charge in [-0.2, -0.15) is 0 Å². The van der Waals surface area contributed by atoms with Crippen molar-refractivity contribution in [3.8, 4) is 0 Å². The van der Waals surface area contributed by atoms with Crippen molar-refractivity contribution in [2.75, 3.05) is 18.5 Å². The number of nitrogens with zero attached hydrogens (tertiary/aromatic N) is 2. The SMILES string of the molecule is Cc1nocc1C(=O)NC(C(=O)Nc1ccc2c(c1)[nH]c(=O)n2C1COC1)C1CCCCCCC1. The van der Waals surface area contributed by atoms with Gasteiger partial charge in [-0.05, 0) is 43.9 Å². The van der Waals surface area contributed by atoms with E-state index < -0.39 is 6.04 Å². The highest BCUT2D eigenvalue weighted by Gasteiger charge is 2.31. The number of carbonyl (C=O) groups is 2. The van der Waals surface area contributed by atoms with Gasteiger partial charge in [-0.25, -0.2) is 4.79 Å². The molecule has 3 aromatic rings. The van der Waals surface area contributed by atoms with E-state index in [1.165, 1.54) is 12.7 Å². The number of amides is 2. The van der Waals surface area contributed by atoms with Crippen LogP contribution >= 0.6 is 0 Å². The molecule has 35 heavy (non-hydrogen) atoms. The summed E-state index contributed by atoms with van der Waals surface area (Å²) in [5.74, 6) is -0.611. The minimum Gasteiger partial charge on any atom is -0.377 e. The standard InChI is InChI=1S/C25H31N5O5/c1-15-19(14-35-29-15)23(31)28-22(16-7-5-3-2-4-6-8-16)24(32)26-17-9-10-21-20(11-17)27-25(33)30(21)18-12-34-13-18/h9-11,14,16,18,22H,2-8,12-13H2,1H3,(H,26,32)(H,27,33)(H,28,31). The lowest BCUT2D eigenvalue weighted by atomic mass is 9.85. The first kappa shape index (κ1) is 23.3. The van der Waals surface area contributed by atoms with E-state index in [0.29, 0.717) is 35.7 Å². The van der Waals surface area contributed by atoms with Gasteiger partial charge in [0, 0.05) is 5.69 Å². The Balaban J connectivity index is 1.38. The molecule has 0 spiro atoms. The molecule has 2 amide bonds. The average Bonchev–Trinajstić information content (AvgIpc) is 3.34. The van der Waals surface area contributed by atoms with Gasteiger partial charge in [-0.15, -0.1) is 0 Å². The van der Waals surface area contributed by atoms with Crippen LogP contribution in [0.25, 0.3) is 11.0 Å². The first-order valence-electron chi connectivity index (χ1n) is 12.4. The summed E-state index contributed by atoms with van der Waals surface area (Å²) >= 11 is 0. The number of aryl methyl sites for hydroxylation is 1. The number of anilines is 1. The molecule has 3 N–H and O–H groups in total. The molecule has 10 heteroatoms. The van der Waals surface area contributed by atoms with Gasteiger partial charge in [0.15, 0.2) is 0 Å². The van der Waals surface area contributed by atoms with Crippen molar-refractivity contribution in [1.29, 1.82) is 0 Å². The minimum absolute atomic E-state index is 0.0245. The van der Waals surface area contributed by atoms with E-state index in [9.17, 15) is 14.4 Å². The van der Waals surface area contributed by atoms with Gasteiger partial charge in [0.1, 0.15) is 17.9 Å². The van der Waals surface area contributed by atoms with Crippen molar-refractivity contribution in [2.24, 2.45) is 5.92 Å². The molecule has 2 aromatic heterocycles. The van der Waals surface area contributed by atoms with E-state index in [2.05, 4.69) is 20.8 Å². The van der Waals surface area contributed by atoms with Crippen molar-refractivity contribution in [2.45, 2.75) is 64.0 Å². The topological polar surface area (TPSA) is 131 Å². The fourth-order valence-corrected chi connectivity index (χ4v) is 5.11. The van der Waals surface area contributed by atoms with Gasteiger partial charge < -0.3 is 24.9 Å². The Morgan fingerprint density at radius 3 is 2.54 bits per heavy atom. The number of ether oxygens (including phenoxy) is 1. The normalized spacial score (nSPS) is 18.4. The predicted molar refractivity (Wildman–Crippen MR) is 129 cm³/mol. The number of fused-ring (bicyclic) bond motifs is 1. The second kappa shape index (κ2) is 10.1. The van der Waals surface area contributed by atoms with Crippen LogP contribution in [-0.2, 0) is 9.53 Å². The van der Waals surface area contributed by atoms with Crippen molar-refractivity contribution in [3.63, 3.8) is 0 Å². The molecule has 10 nitrogen and oxygen atoms in total. The fourth-order valence-electron chi connectivity index (χ4n) is 5.11. The summed E-state index contributed by atoms with van der Waals surface area (Å²) in [4.78, 5) is 41.8. The lowest BCUT2D eigenvalue weighted by Crippen LogP contribution is -2.48. The number of aromatic nitrogens is 3. The number of carbonyl (C=O) groups excluding carboxylic acids is 2. The van der Waals surface area contributed by atoms with Gasteiger partial charge in [-0.3, -0.25) is 14.2 Å². The van der Waals surface area contributed by atoms with Crippen LogP contribution in [0.5, 0.6) is 0 Å². The first-order chi connectivity index (χ1) is 17.0. The third kappa shape index (κ3) is 4.88. The number of aromatic amines is 1. The van der Waals surface area contributed by atoms with E-state index in [0.717, 1.165) is 44.0 Å². The van der Waals surface area contributed by atoms with Crippen LogP contribution in [0.2, 0.25) is 0 Å². The molecule has 1 aliphatic heterocycles. The smallest absolute Gasteiger partial charge is 0.326 e. The highest BCUT2D eigenvalue weighted by atomic mass is 16.5. The van der Waals surface area contributed by atoms with Crippen molar-refractivity contribution < 1.29 is 18.8 Å². The summed E-state index contributed by atoms with van der Waals surface area (Å²) in [6.45, 7) is 2.72. The van der Waals surface area contributed by atoms with Gasteiger partial charge in [-0.1, -0.05) is 37.3 Å². The Morgan fingerprint density at radius 1 is 1.14 bits per heavy atom. The van der Waals surface area contributed by atoms with Crippen molar-refractivity contribution in [3.05, 3.63) is 46.2 Å². The largest absolute Gasteiger partial charge is 0.377 e. The molecule has 2 aliphatic rings. The van der Waals surface area contributed by atoms with Crippen LogP contribution in [0.4, 0.5) is 5.69 Å². The van der Waals surface area contributed by atoms with E-state index in [1.807, 2.05) is 6.07 Å². The molecule has 1 aliphatic carbocycles. The first-order valence-corrected chi connectivity index (χ1v) is 12.4. The van der Waals surface area contributed by atoms with Crippen molar-refractivity contribution in [1.82, 2.24) is 20.0 Å². The number of hydrogen-bond acceptors (Lipinski definition) is 6. The van der Waals surface area contributed by atoms with E-state index in [4.69, 9.17) is 9.26 Å². The zero-order valence-electron chi connectivity index (χ0n) is 19.8. The second-order valence-electron chi connectivity index (χ2n) is 9.58. The lowest BCUT2D eigenvalue weighted by Gasteiger charge is -2.28. The summed E-state index contributed by atoms with van der Waals surface area (Å²) < 4.78 is 11.8. The second-order valence-corrected chi connectivity index (χ2v) is 9.58. The Kier molecular flexibility index (Phi) is 6.72. The molecule has 0 bridgehead atoms. The third-order valence-electron chi connectivity index (χ3n) is 7.15. The highest BCUT2D eigenvalue weighted by Crippen LogP contribution is 2.27. The molecule has 2 fully saturated rings. The van der Waals surface area contributed by atoms with Gasteiger partial charge in [0.25, 0.3) is 5.91 Å². The quantitative estimate of drug-likeness (QED) is 0.495. The van der Waals surface area contributed by atoms with Crippen LogP contribution in [0.3, 0.4) is 0 Å². The maximum Gasteiger partial charge on any atom is 0.326 e. The Bertz CT molecular complexity index is 1260. The highest BCUT2D eigenvalue weighted by molar-refractivity contribution is 6.02. The van der Waals surface area contributed by atoms with E-state index in [-0.39, 0.29) is 29.5 Å². The number of nitrogens with one attached hydrogen (secondary N) is 3. The van der Waals surface area contributed by atoms with Gasteiger partial charge in [0.05, 0.1) is 36.0 Å². The zero-order chi connectivity index (χ0) is 24.4. The number of rotatable bonds is 6. The monoisotopic (exact) mass is 481 g/mol. The molecule has 3 heterocycles. The maximum absolute atomic E-state index is 13.5. The average molecular weight is 482 g/mol. The number of H-pyrrole nitrogens is 1. The zero-order valence-corrected chi connectivity index (χ0v) is 19.8. The molecule has 186 valence electrons. The molecule has 5 rings (SSSR count). The van der Waals surface area contributed by atoms with Gasteiger partial charge in [0.2, 0.25) is 5.91 Å². The van der Waals surface area contributed by atoms with Crippen LogP contribution in [0.1, 0.15) is 67.0 Å². The molecule has 1 aromatic carbocycles. The summed E-state index contributed by atoms with van der Waals surface area (Å²) in [6.07, 6.45) is 8.59. The molecule has 0 radical (unpaired) electrons. The van der Waals surface area contributed by atoms with Gasteiger partial charge >= 0.3 is 5.69 Å². The lowest BCUT2D eigenvalue weighted by molar-refractivity contribution is -0.119. The Hall–Kier alpha value is -3.40.